The number of rotatable bonds is 9. The summed E-state index contributed by atoms with van der Waals surface area (Å²) in [7, 11) is 0. The van der Waals surface area contributed by atoms with Gasteiger partial charge in [0.25, 0.3) is 0 Å². The van der Waals surface area contributed by atoms with Crippen molar-refractivity contribution in [2.24, 2.45) is 11.8 Å². The molecule has 21 heavy (non-hydrogen) atoms. The summed E-state index contributed by atoms with van der Waals surface area (Å²) >= 11 is 0. The highest BCUT2D eigenvalue weighted by molar-refractivity contribution is 5.81. The molecular formula is C15H24O6. The monoisotopic (exact) mass is 300 g/mol. The largest absolute Gasteiger partial charge is 0.481 e. The Morgan fingerprint density at radius 2 is 1.95 bits per heavy atom. The van der Waals surface area contributed by atoms with Crippen LogP contribution >= 0.6 is 0 Å². The highest BCUT2D eigenvalue weighted by Gasteiger charge is 2.37. The van der Waals surface area contributed by atoms with Gasteiger partial charge in [0.15, 0.2) is 0 Å². The number of carbonyl (C=O) groups is 2. The van der Waals surface area contributed by atoms with Crippen molar-refractivity contribution in [1.29, 1.82) is 0 Å². The maximum Gasteiger partial charge on any atom is 0.309 e. The summed E-state index contributed by atoms with van der Waals surface area (Å²) in [6.45, 7) is 3.79. The standard InChI is InChI=1S/C15H24O6/c1-2-9-20-11(7-8-16)10-21-15(19)13-6-4-3-5-12(13)14(17)18/h2,11-13,16H,1,3-10H2,(H,17,18). The number of aliphatic hydroxyl groups excluding tert-OH is 1. The Balaban J connectivity index is 2.49. The normalized spacial score (nSPS) is 23.3. The summed E-state index contributed by atoms with van der Waals surface area (Å²) in [5.41, 5.74) is 0. The van der Waals surface area contributed by atoms with E-state index in [4.69, 9.17) is 19.7 Å². The highest BCUT2D eigenvalue weighted by atomic mass is 16.6. The van der Waals surface area contributed by atoms with Crippen LogP contribution in [0.1, 0.15) is 32.1 Å². The fourth-order valence-corrected chi connectivity index (χ4v) is 2.55. The maximum absolute atomic E-state index is 12.1. The van der Waals surface area contributed by atoms with Crippen LogP contribution in [-0.4, -0.2) is 48.1 Å². The van der Waals surface area contributed by atoms with Crippen LogP contribution in [0.5, 0.6) is 0 Å². The van der Waals surface area contributed by atoms with Crippen molar-refractivity contribution >= 4 is 11.9 Å². The molecule has 1 fully saturated rings. The molecule has 1 aliphatic rings. The summed E-state index contributed by atoms with van der Waals surface area (Å²) in [4.78, 5) is 23.2. The minimum Gasteiger partial charge on any atom is -0.481 e. The summed E-state index contributed by atoms with van der Waals surface area (Å²) in [6.07, 6.45) is 4.27. The molecule has 0 aromatic heterocycles. The van der Waals surface area contributed by atoms with Crippen LogP contribution in [0.2, 0.25) is 0 Å². The second-order valence-electron chi connectivity index (χ2n) is 5.22. The van der Waals surface area contributed by atoms with Gasteiger partial charge >= 0.3 is 11.9 Å². The fraction of sp³-hybridized carbons (Fsp3) is 0.733. The van der Waals surface area contributed by atoms with E-state index >= 15 is 0 Å². The van der Waals surface area contributed by atoms with Crippen LogP contribution in [0.3, 0.4) is 0 Å². The molecule has 0 amide bonds. The summed E-state index contributed by atoms with van der Waals surface area (Å²) in [5.74, 6) is -2.65. The predicted molar refractivity (Wildman–Crippen MR) is 75.7 cm³/mol. The number of aliphatic hydroxyl groups is 1. The summed E-state index contributed by atoms with van der Waals surface area (Å²) in [6, 6.07) is 0. The molecule has 1 rings (SSSR count). The van der Waals surface area contributed by atoms with Gasteiger partial charge in [-0.2, -0.15) is 0 Å². The molecule has 0 aromatic carbocycles. The predicted octanol–water partition coefficient (Wildman–Crippen LogP) is 1.37. The number of carboxylic acid groups (broad SMARTS) is 1. The van der Waals surface area contributed by atoms with Crippen molar-refractivity contribution in [3.8, 4) is 0 Å². The Hall–Kier alpha value is -1.40. The average Bonchev–Trinajstić information content (AvgIpc) is 2.49. The maximum atomic E-state index is 12.1. The number of esters is 1. The molecule has 6 heteroatoms. The van der Waals surface area contributed by atoms with Gasteiger partial charge in [-0.15, -0.1) is 6.58 Å². The second-order valence-corrected chi connectivity index (χ2v) is 5.22. The molecular weight excluding hydrogens is 276 g/mol. The highest BCUT2D eigenvalue weighted by Crippen LogP contribution is 2.31. The van der Waals surface area contributed by atoms with Crippen molar-refractivity contribution in [2.45, 2.75) is 38.2 Å². The third kappa shape index (κ3) is 5.85. The average molecular weight is 300 g/mol. The Morgan fingerprint density at radius 1 is 1.29 bits per heavy atom. The zero-order valence-corrected chi connectivity index (χ0v) is 12.2. The number of hydrogen-bond acceptors (Lipinski definition) is 5. The van der Waals surface area contributed by atoms with Crippen LogP contribution in [0.15, 0.2) is 12.7 Å². The zero-order chi connectivity index (χ0) is 15.7. The van der Waals surface area contributed by atoms with Gasteiger partial charge in [-0.05, 0) is 12.8 Å². The van der Waals surface area contributed by atoms with Crippen LogP contribution in [0.4, 0.5) is 0 Å². The van der Waals surface area contributed by atoms with Gasteiger partial charge in [0.1, 0.15) is 6.61 Å². The van der Waals surface area contributed by atoms with Gasteiger partial charge < -0.3 is 19.7 Å². The molecule has 1 aliphatic carbocycles. The molecule has 3 atom stereocenters. The number of hydrogen-bond donors (Lipinski definition) is 2. The fourth-order valence-electron chi connectivity index (χ4n) is 2.55. The van der Waals surface area contributed by atoms with Crippen LogP contribution in [-0.2, 0) is 19.1 Å². The van der Waals surface area contributed by atoms with E-state index < -0.39 is 29.9 Å². The van der Waals surface area contributed by atoms with Crippen molar-refractivity contribution in [3.05, 3.63) is 12.7 Å². The number of aliphatic carboxylic acids is 1. The SMILES string of the molecule is C=CCOC(CCO)COC(=O)C1CCCCC1C(=O)O. The first-order chi connectivity index (χ1) is 10.1. The van der Waals surface area contributed by atoms with E-state index in [1.165, 1.54) is 0 Å². The van der Waals surface area contributed by atoms with Crippen LogP contribution in [0, 0.1) is 11.8 Å². The first kappa shape index (κ1) is 17.7. The molecule has 0 aliphatic heterocycles. The van der Waals surface area contributed by atoms with E-state index in [9.17, 15) is 9.59 Å². The third-order valence-electron chi connectivity index (χ3n) is 3.70. The lowest BCUT2D eigenvalue weighted by Gasteiger charge is -2.27. The van der Waals surface area contributed by atoms with Crippen molar-refractivity contribution in [2.75, 3.05) is 19.8 Å². The quantitative estimate of drug-likeness (QED) is 0.493. The van der Waals surface area contributed by atoms with Gasteiger partial charge in [0, 0.05) is 13.0 Å². The van der Waals surface area contributed by atoms with Crippen molar-refractivity contribution in [3.63, 3.8) is 0 Å². The molecule has 0 spiro atoms. The van der Waals surface area contributed by atoms with E-state index in [1.807, 2.05) is 0 Å². The minimum atomic E-state index is -0.938. The van der Waals surface area contributed by atoms with Gasteiger partial charge in [-0.3, -0.25) is 9.59 Å². The van der Waals surface area contributed by atoms with Gasteiger partial charge in [0.05, 0.1) is 24.5 Å². The first-order valence-electron chi connectivity index (χ1n) is 7.33. The Kier molecular flexibility index (Phi) is 8.00. The second kappa shape index (κ2) is 9.52. The zero-order valence-electron chi connectivity index (χ0n) is 12.2. The lowest BCUT2D eigenvalue weighted by atomic mass is 9.79. The Bertz CT molecular complexity index is 354. The van der Waals surface area contributed by atoms with Gasteiger partial charge in [-0.1, -0.05) is 18.9 Å². The molecule has 0 saturated heterocycles. The molecule has 120 valence electrons. The topological polar surface area (TPSA) is 93.1 Å². The molecule has 0 radical (unpaired) electrons. The molecule has 6 nitrogen and oxygen atoms in total. The van der Waals surface area contributed by atoms with E-state index in [-0.39, 0.29) is 13.2 Å². The van der Waals surface area contributed by atoms with Crippen LogP contribution < -0.4 is 0 Å². The number of ether oxygens (including phenoxy) is 2. The number of carboxylic acids is 1. The lowest BCUT2D eigenvalue weighted by molar-refractivity contribution is -0.162. The van der Waals surface area contributed by atoms with Crippen molar-refractivity contribution < 1.29 is 29.3 Å². The smallest absolute Gasteiger partial charge is 0.309 e. The number of carbonyl (C=O) groups excluding carboxylic acids is 1. The Morgan fingerprint density at radius 3 is 2.52 bits per heavy atom. The van der Waals surface area contributed by atoms with E-state index in [0.29, 0.717) is 25.9 Å². The Labute approximate surface area is 124 Å². The van der Waals surface area contributed by atoms with Crippen molar-refractivity contribution in [1.82, 2.24) is 0 Å². The van der Waals surface area contributed by atoms with Gasteiger partial charge in [-0.25, -0.2) is 0 Å². The molecule has 0 aromatic rings. The summed E-state index contributed by atoms with van der Waals surface area (Å²) in [5, 5.41) is 18.1. The first-order valence-corrected chi connectivity index (χ1v) is 7.33. The molecule has 1 saturated carbocycles. The molecule has 0 bridgehead atoms. The van der Waals surface area contributed by atoms with E-state index in [2.05, 4.69) is 6.58 Å². The summed E-state index contributed by atoms with van der Waals surface area (Å²) < 4.78 is 10.6. The molecule has 0 heterocycles. The van der Waals surface area contributed by atoms with Gasteiger partial charge in [0.2, 0.25) is 0 Å². The molecule has 3 unspecified atom stereocenters. The van der Waals surface area contributed by atoms with E-state index in [1.54, 1.807) is 6.08 Å². The minimum absolute atomic E-state index is 0.0239. The lowest BCUT2D eigenvalue weighted by Crippen LogP contribution is -2.35. The third-order valence-corrected chi connectivity index (χ3v) is 3.70. The van der Waals surface area contributed by atoms with Crippen LogP contribution in [0.25, 0.3) is 0 Å². The van der Waals surface area contributed by atoms with E-state index in [0.717, 1.165) is 12.8 Å². The molecule has 2 N–H and O–H groups in total.